The Balaban J connectivity index is 1.57. The number of likely N-dealkylation sites (N-methyl/N-ethyl adjacent to an activating group) is 1. The average molecular weight is 440 g/mol. The number of nitrogens with zero attached hydrogens (tertiary/aromatic N) is 3. The second-order valence-electron chi connectivity index (χ2n) is 6.54. The van der Waals surface area contributed by atoms with E-state index in [4.69, 9.17) is 32.7 Å². The quantitative estimate of drug-likeness (QED) is 0.512. The summed E-state index contributed by atoms with van der Waals surface area (Å²) in [5, 5.41) is 11.7. The van der Waals surface area contributed by atoms with Crippen molar-refractivity contribution in [1.82, 2.24) is 9.80 Å². The summed E-state index contributed by atoms with van der Waals surface area (Å²) < 4.78 is 11.0. The van der Waals surface area contributed by atoms with E-state index in [0.29, 0.717) is 36.3 Å². The van der Waals surface area contributed by atoms with E-state index in [2.05, 4.69) is 4.90 Å². The number of halogens is 2. The van der Waals surface area contributed by atoms with Crippen molar-refractivity contribution in [3.63, 3.8) is 0 Å². The molecule has 1 amide bonds. The Kier molecular flexibility index (Phi) is 6.92. The SMILES string of the molecule is CN(C(=O)Oc1ccc([N+](=O)[O-])cc1)[C@H]1CN(Cc2ccc(Cl)c(Cl)c2)CCO1. The van der Waals surface area contributed by atoms with Crippen LogP contribution in [0.3, 0.4) is 0 Å². The molecular weight excluding hydrogens is 421 g/mol. The highest BCUT2D eigenvalue weighted by Crippen LogP contribution is 2.24. The number of morpholine rings is 1. The third-order valence-electron chi connectivity index (χ3n) is 4.49. The van der Waals surface area contributed by atoms with E-state index >= 15 is 0 Å². The number of hydrogen-bond acceptors (Lipinski definition) is 6. The summed E-state index contributed by atoms with van der Waals surface area (Å²) in [5.74, 6) is 0.218. The van der Waals surface area contributed by atoms with Crippen molar-refractivity contribution < 1.29 is 19.2 Å². The molecule has 0 aromatic heterocycles. The number of nitro groups is 1. The molecule has 1 saturated heterocycles. The fourth-order valence-electron chi connectivity index (χ4n) is 2.88. The van der Waals surface area contributed by atoms with E-state index in [0.717, 1.165) is 5.56 Å². The van der Waals surface area contributed by atoms with Gasteiger partial charge in [-0.1, -0.05) is 29.3 Å². The van der Waals surface area contributed by atoms with Gasteiger partial charge in [0.2, 0.25) is 0 Å². The van der Waals surface area contributed by atoms with Crippen molar-refractivity contribution in [1.29, 1.82) is 0 Å². The van der Waals surface area contributed by atoms with Gasteiger partial charge in [0.25, 0.3) is 5.69 Å². The molecule has 0 unspecified atom stereocenters. The molecule has 1 fully saturated rings. The zero-order valence-electron chi connectivity index (χ0n) is 15.6. The van der Waals surface area contributed by atoms with Gasteiger partial charge in [-0.05, 0) is 29.8 Å². The summed E-state index contributed by atoms with van der Waals surface area (Å²) in [4.78, 5) is 26.1. The number of carbonyl (C=O) groups excluding carboxylic acids is 1. The van der Waals surface area contributed by atoms with Crippen molar-refractivity contribution >= 4 is 35.0 Å². The molecule has 3 rings (SSSR count). The first-order valence-electron chi connectivity index (χ1n) is 8.80. The maximum atomic E-state index is 12.4. The summed E-state index contributed by atoms with van der Waals surface area (Å²) in [5.41, 5.74) is 0.933. The molecular formula is C19H19Cl2N3O5. The van der Waals surface area contributed by atoms with E-state index < -0.39 is 17.2 Å². The second-order valence-corrected chi connectivity index (χ2v) is 7.35. The molecule has 1 atom stereocenters. The van der Waals surface area contributed by atoms with Gasteiger partial charge < -0.3 is 9.47 Å². The standard InChI is InChI=1S/C19H19Cl2N3O5/c1-22(19(25)29-15-5-3-14(4-6-15)24(26)27)18-12-23(8-9-28-18)11-13-2-7-16(20)17(21)10-13/h2-7,10,18H,8-9,11-12H2,1H3/t18-/m1/s1. The Morgan fingerprint density at radius 2 is 2.00 bits per heavy atom. The Morgan fingerprint density at radius 3 is 2.66 bits per heavy atom. The van der Waals surface area contributed by atoms with Gasteiger partial charge in [-0.25, -0.2) is 4.79 Å². The third-order valence-corrected chi connectivity index (χ3v) is 5.23. The molecule has 1 aliphatic heterocycles. The molecule has 2 aromatic rings. The van der Waals surface area contributed by atoms with E-state index in [9.17, 15) is 14.9 Å². The average Bonchev–Trinajstić information content (AvgIpc) is 2.71. The number of hydrogen-bond donors (Lipinski definition) is 0. The molecule has 0 bridgehead atoms. The van der Waals surface area contributed by atoms with Crippen LogP contribution in [0.15, 0.2) is 42.5 Å². The molecule has 1 heterocycles. The van der Waals surface area contributed by atoms with E-state index in [1.54, 1.807) is 13.1 Å². The van der Waals surface area contributed by atoms with Crippen LogP contribution in [0.1, 0.15) is 5.56 Å². The summed E-state index contributed by atoms with van der Waals surface area (Å²) >= 11 is 12.0. The van der Waals surface area contributed by atoms with Gasteiger partial charge in [0.1, 0.15) is 12.0 Å². The molecule has 154 valence electrons. The lowest BCUT2D eigenvalue weighted by Crippen LogP contribution is -2.51. The molecule has 1 aliphatic rings. The molecule has 0 aliphatic carbocycles. The van der Waals surface area contributed by atoms with Crippen molar-refractivity contribution in [2.75, 3.05) is 26.7 Å². The molecule has 8 nitrogen and oxygen atoms in total. The lowest BCUT2D eigenvalue weighted by atomic mass is 10.2. The molecule has 0 saturated carbocycles. The van der Waals surface area contributed by atoms with Gasteiger partial charge in [0.05, 0.1) is 21.6 Å². The molecule has 2 aromatic carbocycles. The van der Waals surface area contributed by atoms with E-state index in [1.165, 1.54) is 29.2 Å². The Labute approximate surface area is 177 Å². The maximum Gasteiger partial charge on any atom is 0.417 e. The van der Waals surface area contributed by atoms with Crippen LogP contribution in [0.5, 0.6) is 5.75 Å². The third kappa shape index (κ3) is 5.57. The van der Waals surface area contributed by atoms with Crippen LogP contribution < -0.4 is 4.74 Å². The smallest absolute Gasteiger partial charge is 0.410 e. The Morgan fingerprint density at radius 1 is 1.28 bits per heavy atom. The number of carbonyl (C=O) groups is 1. The highest BCUT2D eigenvalue weighted by molar-refractivity contribution is 6.42. The Hall–Kier alpha value is -2.39. The first-order valence-corrected chi connectivity index (χ1v) is 9.56. The van der Waals surface area contributed by atoms with Crippen LogP contribution >= 0.6 is 23.2 Å². The van der Waals surface area contributed by atoms with Gasteiger partial charge in [0, 0.05) is 38.8 Å². The monoisotopic (exact) mass is 439 g/mol. The minimum absolute atomic E-state index is 0.0771. The second kappa shape index (κ2) is 9.41. The molecule has 29 heavy (non-hydrogen) atoms. The van der Waals surface area contributed by atoms with E-state index in [-0.39, 0.29) is 11.4 Å². The summed E-state index contributed by atoms with van der Waals surface area (Å²) in [6, 6.07) is 10.8. The lowest BCUT2D eigenvalue weighted by Gasteiger charge is -2.37. The van der Waals surface area contributed by atoms with Gasteiger partial charge in [-0.3, -0.25) is 19.9 Å². The van der Waals surface area contributed by atoms with Crippen molar-refractivity contribution in [2.45, 2.75) is 12.8 Å². The zero-order valence-corrected chi connectivity index (χ0v) is 17.1. The van der Waals surface area contributed by atoms with Crippen LogP contribution in [0.25, 0.3) is 0 Å². The number of rotatable bonds is 5. The fourth-order valence-corrected chi connectivity index (χ4v) is 3.20. The zero-order chi connectivity index (χ0) is 21.0. The number of non-ortho nitro benzene ring substituents is 1. The van der Waals surface area contributed by atoms with Gasteiger partial charge in [0.15, 0.2) is 0 Å². The first-order chi connectivity index (χ1) is 13.8. The highest BCUT2D eigenvalue weighted by atomic mass is 35.5. The summed E-state index contributed by atoms with van der Waals surface area (Å²) in [6.07, 6.45) is -1.10. The minimum Gasteiger partial charge on any atom is -0.410 e. The van der Waals surface area contributed by atoms with Gasteiger partial charge >= 0.3 is 6.09 Å². The van der Waals surface area contributed by atoms with Crippen molar-refractivity contribution in [3.05, 3.63) is 68.2 Å². The number of benzene rings is 2. The van der Waals surface area contributed by atoms with Crippen LogP contribution in [0.2, 0.25) is 10.0 Å². The fraction of sp³-hybridized carbons (Fsp3) is 0.316. The largest absolute Gasteiger partial charge is 0.417 e. The van der Waals surface area contributed by atoms with Crippen LogP contribution in [-0.4, -0.2) is 53.8 Å². The number of nitro benzene ring substituents is 1. The number of amides is 1. The van der Waals surface area contributed by atoms with Crippen LogP contribution in [0, 0.1) is 10.1 Å². The summed E-state index contributed by atoms with van der Waals surface area (Å²) in [6.45, 7) is 2.30. The maximum absolute atomic E-state index is 12.4. The topological polar surface area (TPSA) is 85.2 Å². The Bertz CT molecular complexity index is 894. The van der Waals surface area contributed by atoms with Crippen molar-refractivity contribution in [3.8, 4) is 5.75 Å². The molecule has 0 radical (unpaired) electrons. The highest BCUT2D eigenvalue weighted by Gasteiger charge is 2.28. The molecule has 0 spiro atoms. The van der Waals surface area contributed by atoms with Crippen LogP contribution in [-0.2, 0) is 11.3 Å². The summed E-state index contributed by atoms with van der Waals surface area (Å²) in [7, 11) is 1.58. The molecule has 0 N–H and O–H groups in total. The predicted molar refractivity (Wildman–Crippen MR) is 108 cm³/mol. The molecule has 10 heteroatoms. The normalized spacial score (nSPS) is 17.0. The van der Waals surface area contributed by atoms with Gasteiger partial charge in [-0.15, -0.1) is 0 Å². The first kappa shape index (κ1) is 21.3. The predicted octanol–water partition coefficient (Wildman–Crippen LogP) is 4.19. The van der Waals surface area contributed by atoms with Gasteiger partial charge in [-0.2, -0.15) is 0 Å². The lowest BCUT2D eigenvalue weighted by molar-refractivity contribution is -0.384. The minimum atomic E-state index is -0.611. The van der Waals surface area contributed by atoms with E-state index in [1.807, 2.05) is 12.1 Å². The van der Waals surface area contributed by atoms with Crippen molar-refractivity contribution in [2.24, 2.45) is 0 Å². The number of ether oxygens (including phenoxy) is 2. The van der Waals surface area contributed by atoms with Crippen LogP contribution in [0.4, 0.5) is 10.5 Å².